The van der Waals surface area contributed by atoms with E-state index in [4.69, 9.17) is 5.73 Å². The number of nitrogens with two attached hydrogens (primary N) is 1. The molecule has 0 bridgehead atoms. The van der Waals surface area contributed by atoms with Gasteiger partial charge in [-0.25, -0.2) is 0 Å². The molecule has 2 N–H and O–H groups in total. The summed E-state index contributed by atoms with van der Waals surface area (Å²) in [4.78, 5) is 2.46. The summed E-state index contributed by atoms with van der Waals surface area (Å²) in [5, 5.41) is 0. The highest BCUT2D eigenvalue weighted by Gasteiger charge is 2.35. The molecule has 1 aliphatic carbocycles. The maximum Gasteiger partial charge on any atom is 0.285 e. The Balaban J connectivity index is 1.99. The predicted octanol–water partition coefficient (Wildman–Crippen LogP) is 1.34. The average Bonchev–Trinajstić information content (AvgIpc) is 2.65. The van der Waals surface area contributed by atoms with Crippen molar-refractivity contribution >= 4 is 15.9 Å². The van der Waals surface area contributed by atoms with E-state index in [1.165, 1.54) is 6.42 Å². The molecule has 2 aliphatic rings. The van der Waals surface area contributed by atoms with Crippen LogP contribution >= 0.6 is 0 Å². The number of benzene rings is 1. The molecule has 1 saturated carbocycles. The molecule has 0 atom stereocenters. The summed E-state index contributed by atoms with van der Waals surface area (Å²) in [6.07, 6.45) is 4.25. The zero-order valence-corrected chi connectivity index (χ0v) is 12.1. The molecule has 1 aromatic carbocycles. The predicted molar refractivity (Wildman–Crippen MR) is 78.2 cm³/mol. The van der Waals surface area contributed by atoms with Gasteiger partial charge in [-0.2, -0.15) is 8.42 Å². The molecule has 1 aliphatic heterocycles. The Labute approximate surface area is 119 Å². The van der Waals surface area contributed by atoms with Crippen LogP contribution < -0.4 is 5.73 Å². The Morgan fingerprint density at radius 1 is 1.30 bits per heavy atom. The van der Waals surface area contributed by atoms with Gasteiger partial charge in [0.2, 0.25) is 0 Å². The lowest BCUT2D eigenvalue weighted by molar-refractivity contribution is 0.208. The van der Waals surface area contributed by atoms with Crippen LogP contribution in [0.2, 0.25) is 0 Å². The summed E-state index contributed by atoms with van der Waals surface area (Å²) in [6, 6.07) is 7.47. The van der Waals surface area contributed by atoms with Crippen LogP contribution in [0.3, 0.4) is 0 Å². The SMILES string of the molecule is NCCCN(C1=NS(=O)(=O)c2ccccc21)C1CCC1. The first kappa shape index (κ1) is 13.6. The van der Waals surface area contributed by atoms with Crippen molar-refractivity contribution in [2.45, 2.75) is 36.6 Å². The summed E-state index contributed by atoms with van der Waals surface area (Å²) >= 11 is 0. The smallest absolute Gasteiger partial charge is 0.285 e. The Morgan fingerprint density at radius 2 is 2.05 bits per heavy atom. The van der Waals surface area contributed by atoms with Crippen LogP contribution in [0, 0.1) is 0 Å². The molecule has 1 aromatic rings. The van der Waals surface area contributed by atoms with E-state index >= 15 is 0 Å². The Morgan fingerprint density at radius 3 is 2.70 bits per heavy atom. The van der Waals surface area contributed by atoms with Gasteiger partial charge in [0, 0.05) is 18.2 Å². The first-order valence-electron chi connectivity index (χ1n) is 7.04. The van der Waals surface area contributed by atoms with Crippen LogP contribution in [-0.2, 0) is 10.0 Å². The minimum absolute atomic E-state index is 0.326. The number of fused-ring (bicyclic) bond motifs is 1. The zero-order valence-electron chi connectivity index (χ0n) is 11.3. The molecule has 108 valence electrons. The number of sulfonamides is 1. The second kappa shape index (κ2) is 5.18. The molecule has 0 unspecified atom stereocenters. The number of hydrogen-bond donors (Lipinski definition) is 1. The molecule has 6 heteroatoms. The van der Waals surface area contributed by atoms with Gasteiger partial charge in [-0.1, -0.05) is 12.1 Å². The minimum Gasteiger partial charge on any atom is -0.352 e. The van der Waals surface area contributed by atoms with Crippen molar-refractivity contribution in [2.24, 2.45) is 10.1 Å². The van der Waals surface area contributed by atoms with E-state index in [1.54, 1.807) is 12.1 Å². The van der Waals surface area contributed by atoms with E-state index < -0.39 is 10.0 Å². The molecule has 0 radical (unpaired) electrons. The fraction of sp³-hybridized carbons (Fsp3) is 0.500. The van der Waals surface area contributed by atoms with Gasteiger partial charge in [0.1, 0.15) is 4.90 Å². The van der Waals surface area contributed by atoms with Crippen molar-refractivity contribution < 1.29 is 8.42 Å². The second-order valence-electron chi connectivity index (χ2n) is 5.31. The Kier molecular flexibility index (Phi) is 3.52. The molecule has 1 heterocycles. The molecule has 20 heavy (non-hydrogen) atoms. The van der Waals surface area contributed by atoms with E-state index in [0.717, 1.165) is 31.4 Å². The van der Waals surface area contributed by atoms with Crippen LogP contribution in [0.25, 0.3) is 0 Å². The van der Waals surface area contributed by atoms with E-state index in [9.17, 15) is 8.42 Å². The monoisotopic (exact) mass is 293 g/mol. The van der Waals surface area contributed by atoms with Crippen LogP contribution in [0.4, 0.5) is 0 Å². The lowest BCUT2D eigenvalue weighted by Gasteiger charge is -2.39. The van der Waals surface area contributed by atoms with Gasteiger partial charge in [0.15, 0.2) is 5.84 Å². The Hall–Kier alpha value is -1.40. The quantitative estimate of drug-likeness (QED) is 0.909. The zero-order chi connectivity index (χ0) is 14.2. The van der Waals surface area contributed by atoms with Crippen molar-refractivity contribution in [3.63, 3.8) is 0 Å². The van der Waals surface area contributed by atoms with Crippen molar-refractivity contribution in [3.05, 3.63) is 29.8 Å². The van der Waals surface area contributed by atoms with Gasteiger partial charge in [-0.15, -0.1) is 4.40 Å². The third kappa shape index (κ3) is 2.23. The third-order valence-electron chi connectivity index (χ3n) is 4.00. The molecule has 0 saturated heterocycles. The van der Waals surface area contributed by atoms with Crippen LogP contribution in [0.5, 0.6) is 0 Å². The van der Waals surface area contributed by atoms with Gasteiger partial charge in [-0.3, -0.25) is 0 Å². The van der Waals surface area contributed by atoms with Gasteiger partial charge in [-0.05, 0) is 44.4 Å². The first-order chi connectivity index (χ1) is 9.63. The highest BCUT2D eigenvalue weighted by atomic mass is 32.2. The van der Waals surface area contributed by atoms with Gasteiger partial charge in [0.05, 0.1) is 0 Å². The third-order valence-corrected chi connectivity index (χ3v) is 5.33. The average molecular weight is 293 g/mol. The summed E-state index contributed by atoms with van der Waals surface area (Å²) in [5.41, 5.74) is 6.33. The number of rotatable bonds is 4. The Bertz CT molecular complexity index is 636. The van der Waals surface area contributed by atoms with Gasteiger partial charge >= 0.3 is 0 Å². The maximum absolute atomic E-state index is 12.1. The minimum atomic E-state index is -3.53. The molecule has 1 fully saturated rings. The van der Waals surface area contributed by atoms with Crippen molar-refractivity contribution in [3.8, 4) is 0 Å². The van der Waals surface area contributed by atoms with Gasteiger partial charge < -0.3 is 10.6 Å². The number of amidine groups is 1. The molecular weight excluding hydrogens is 274 g/mol. The molecule has 0 aromatic heterocycles. The first-order valence-corrected chi connectivity index (χ1v) is 8.48. The lowest BCUT2D eigenvalue weighted by Crippen LogP contribution is -2.45. The molecule has 3 rings (SSSR count). The lowest BCUT2D eigenvalue weighted by atomic mass is 9.90. The standard InChI is InChI=1S/C14H19N3O2S/c15-9-4-10-17(11-5-3-6-11)14-12-7-1-2-8-13(12)20(18,19)16-14/h1-2,7-8,11H,3-6,9-10,15H2. The fourth-order valence-electron chi connectivity index (χ4n) is 2.72. The highest BCUT2D eigenvalue weighted by molar-refractivity contribution is 7.90. The van der Waals surface area contributed by atoms with E-state index in [-0.39, 0.29) is 0 Å². The van der Waals surface area contributed by atoms with E-state index in [1.807, 2.05) is 12.1 Å². The fourth-order valence-corrected chi connectivity index (χ4v) is 3.93. The van der Waals surface area contributed by atoms with Crippen molar-refractivity contribution in [1.29, 1.82) is 0 Å². The normalized spacial score (nSPS) is 20.1. The topological polar surface area (TPSA) is 75.8 Å². The van der Waals surface area contributed by atoms with Crippen LogP contribution in [0.1, 0.15) is 31.2 Å². The summed E-state index contributed by atoms with van der Waals surface area (Å²) in [6.45, 7) is 1.37. The largest absolute Gasteiger partial charge is 0.352 e. The van der Waals surface area contributed by atoms with Crippen LogP contribution in [-0.4, -0.2) is 38.3 Å². The molecular formula is C14H19N3O2S. The molecule has 5 nitrogen and oxygen atoms in total. The van der Waals surface area contributed by atoms with Crippen molar-refractivity contribution in [2.75, 3.05) is 13.1 Å². The summed E-state index contributed by atoms with van der Waals surface area (Å²) < 4.78 is 28.3. The summed E-state index contributed by atoms with van der Waals surface area (Å²) in [5.74, 6) is 0.610. The molecule has 0 amide bonds. The summed E-state index contributed by atoms with van der Waals surface area (Å²) in [7, 11) is -3.53. The van der Waals surface area contributed by atoms with E-state index in [0.29, 0.717) is 23.3 Å². The number of nitrogens with zero attached hydrogens (tertiary/aromatic N) is 2. The highest BCUT2D eigenvalue weighted by Crippen LogP contribution is 2.32. The number of hydrogen-bond acceptors (Lipinski definition) is 4. The van der Waals surface area contributed by atoms with Gasteiger partial charge in [0.25, 0.3) is 10.0 Å². The van der Waals surface area contributed by atoms with Crippen LogP contribution in [0.15, 0.2) is 33.6 Å². The molecule has 0 spiro atoms. The van der Waals surface area contributed by atoms with E-state index in [2.05, 4.69) is 9.30 Å². The second-order valence-corrected chi connectivity index (χ2v) is 6.88. The van der Waals surface area contributed by atoms with Crippen molar-refractivity contribution in [1.82, 2.24) is 4.90 Å². The maximum atomic E-state index is 12.1.